The van der Waals surface area contributed by atoms with Crippen molar-refractivity contribution in [3.05, 3.63) is 34.4 Å². The van der Waals surface area contributed by atoms with E-state index in [-0.39, 0.29) is 30.9 Å². The molecule has 0 atom stereocenters. The topological polar surface area (TPSA) is 180 Å². The zero-order chi connectivity index (χ0) is 33.7. The Bertz CT molecular complexity index is 1080. The molecular formula is C32H48O12. The number of aryl methyl sites for hydroxylation is 1. The van der Waals surface area contributed by atoms with Gasteiger partial charge in [0, 0.05) is 6.92 Å². The van der Waals surface area contributed by atoms with Crippen molar-refractivity contribution < 1.29 is 57.9 Å². The molecule has 0 spiro atoms. The summed E-state index contributed by atoms with van der Waals surface area (Å²) in [6, 6.07) is 3.05. The maximum absolute atomic E-state index is 12.7. The first kappa shape index (κ1) is 40.0. The number of hydrogen-bond donors (Lipinski definition) is 2. The molecule has 0 bridgehead atoms. The lowest BCUT2D eigenvalue weighted by Crippen LogP contribution is -2.48. The Morgan fingerprint density at radius 1 is 0.682 bits per heavy atom. The molecule has 2 N–H and O–H groups in total. The maximum Gasteiger partial charge on any atom is 0.351 e. The summed E-state index contributed by atoms with van der Waals surface area (Å²) in [6.07, 6.45) is 4.36. The molecule has 248 valence electrons. The quantitative estimate of drug-likeness (QED) is 0.115. The number of benzene rings is 1. The Kier molecular flexibility index (Phi) is 19.7. The van der Waals surface area contributed by atoms with Crippen LogP contribution in [0.4, 0.5) is 0 Å². The molecular weight excluding hydrogens is 576 g/mol. The van der Waals surface area contributed by atoms with E-state index in [2.05, 4.69) is 0 Å². The molecule has 12 nitrogen and oxygen atoms in total. The number of rotatable bonds is 19. The van der Waals surface area contributed by atoms with Crippen LogP contribution in [0.1, 0.15) is 125 Å². The third-order valence-corrected chi connectivity index (χ3v) is 6.41. The van der Waals surface area contributed by atoms with Crippen molar-refractivity contribution in [1.29, 1.82) is 0 Å². The standard InChI is InChI=1S/C20H34O8.C12H14O4/c1-5-8-11-25-17(22)14-20(28-16(4)21,19(24)27-13-10-7-3)15-18(23)26-12-9-6-2;1-3-7-5-6-9(11(13)14)10(12(15)16)8(7)4-2/h5-15H2,1-4H3;5-6H,3-4H2,1-2H3,(H,13,14)(H,15,16). The second-order valence-corrected chi connectivity index (χ2v) is 10.0. The molecule has 44 heavy (non-hydrogen) atoms. The van der Waals surface area contributed by atoms with Gasteiger partial charge in [0.2, 0.25) is 5.60 Å². The van der Waals surface area contributed by atoms with E-state index in [9.17, 15) is 28.8 Å². The van der Waals surface area contributed by atoms with Crippen molar-refractivity contribution >= 4 is 35.8 Å². The van der Waals surface area contributed by atoms with Gasteiger partial charge in [-0.05, 0) is 49.3 Å². The van der Waals surface area contributed by atoms with Crippen molar-refractivity contribution in [3.8, 4) is 0 Å². The highest BCUT2D eigenvalue weighted by Crippen LogP contribution is 2.26. The van der Waals surface area contributed by atoms with E-state index in [1.54, 1.807) is 6.07 Å². The number of ether oxygens (including phenoxy) is 4. The number of carbonyl (C=O) groups is 6. The van der Waals surface area contributed by atoms with Crippen LogP contribution in [-0.2, 0) is 51.0 Å². The van der Waals surface area contributed by atoms with Crippen LogP contribution in [0.3, 0.4) is 0 Å². The maximum atomic E-state index is 12.7. The summed E-state index contributed by atoms with van der Waals surface area (Å²) in [4.78, 5) is 70.8. The van der Waals surface area contributed by atoms with Crippen LogP contribution in [0.25, 0.3) is 0 Å². The molecule has 1 aromatic rings. The van der Waals surface area contributed by atoms with Crippen molar-refractivity contribution in [2.24, 2.45) is 0 Å². The number of unbranched alkanes of at least 4 members (excludes halogenated alkanes) is 3. The van der Waals surface area contributed by atoms with Crippen molar-refractivity contribution in [2.45, 2.75) is 111 Å². The van der Waals surface area contributed by atoms with E-state index in [1.807, 2.05) is 34.6 Å². The van der Waals surface area contributed by atoms with Crippen molar-refractivity contribution in [1.82, 2.24) is 0 Å². The third-order valence-electron chi connectivity index (χ3n) is 6.41. The first-order valence-electron chi connectivity index (χ1n) is 15.1. The van der Waals surface area contributed by atoms with Gasteiger partial charge in [0.25, 0.3) is 0 Å². The molecule has 0 fully saturated rings. The SMILES string of the molecule is CCCCOC(=O)CC(CC(=O)OCCCC)(OC(C)=O)C(=O)OCCCC.CCc1ccc(C(=O)O)c(C(=O)O)c1CC. The minimum atomic E-state index is -2.09. The number of carboxylic acid groups (broad SMARTS) is 2. The van der Waals surface area contributed by atoms with E-state index in [0.717, 1.165) is 31.7 Å². The molecule has 0 saturated carbocycles. The first-order valence-corrected chi connectivity index (χ1v) is 15.1. The molecule has 1 aromatic carbocycles. The fourth-order valence-corrected chi connectivity index (χ4v) is 4.11. The second-order valence-electron chi connectivity index (χ2n) is 10.0. The number of esters is 4. The van der Waals surface area contributed by atoms with Gasteiger partial charge < -0.3 is 29.2 Å². The van der Waals surface area contributed by atoms with E-state index in [1.165, 1.54) is 6.07 Å². The van der Waals surface area contributed by atoms with Gasteiger partial charge >= 0.3 is 35.8 Å². The zero-order valence-electron chi connectivity index (χ0n) is 26.8. The minimum absolute atomic E-state index is 0.0747. The van der Waals surface area contributed by atoms with Gasteiger partial charge in [0.1, 0.15) is 0 Å². The smallest absolute Gasteiger partial charge is 0.351 e. The molecule has 0 aliphatic heterocycles. The summed E-state index contributed by atoms with van der Waals surface area (Å²) < 4.78 is 20.5. The Hall–Kier alpha value is -3.96. The fourth-order valence-electron chi connectivity index (χ4n) is 4.11. The molecule has 0 aromatic heterocycles. The van der Waals surface area contributed by atoms with Gasteiger partial charge in [0.05, 0.1) is 43.8 Å². The summed E-state index contributed by atoms with van der Waals surface area (Å²) >= 11 is 0. The van der Waals surface area contributed by atoms with E-state index < -0.39 is 54.3 Å². The van der Waals surface area contributed by atoms with Crippen molar-refractivity contribution in [2.75, 3.05) is 19.8 Å². The van der Waals surface area contributed by atoms with Crippen LogP contribution in [0, 0.1) is 0 Å². The summed E-state index contributed by atoms with van der Waals surface area (Å²) in [6.45, 7) is 11.1. The molecule has 1 rings (SSSR count). The van der Waals surface area contributed by atoms with Crippen LogP contribution in [-0.4, -0.2) is 71.5 Å². The minimum Gasteiger partial charge on any atom is -0.478 e. The molecule has 0 aliphatic carbocycles. The van der Waals surface area contributed by atoms with Crippen LogP contribution in [0.5, 0.6) is 0 Å². The molecule has 0 amide bonds. The number of carbonyl (C=O) groups excluding carboxylic acids is 4. The molecule has 0 saturated heterocycles. The largest absolute Gasteiger partial charge is 0.478 e. The highest BCUT2D eigenvalue weighted by atomic mass is 16.6. The van der Waals surface area contributed by atoms with Crippen molar-refractivity contribution in [3.63, 3.8) is 0 Å². The van der Waals surface area contributed by atoms with Gasteiger partial charge in [-0.25, -0.2) is 14.4 Å². The highest BCUT2D eigenvalue weighted by Gasteiger charge is 2.48. The van der Waals surface area contributed by atoms with Gasteiger partial charge in [-0.2, -0.15) is 0 Å². The van der Waals surface area contributed by atoms with E-state index >= 15 is 0 Å². The molecule has 12 heteroatoms. The van der Waals surface area contributed by atoms with Gasteiger partial charge in [-0.15, -0.1) is 0 Å². The lowest BCUT2D eigenvalue weighted by molar-refractivity contribution is -0.190. The van der Waals surface area contributed by atoms with Crippen LogP contribution in [0.15, 0.2) is 12.1 Å². The average molecular weight is 625 g/mol. The molecule has 0 heterocycles. The Morgan fingerprint density at radius 3 is 1.52 bits per heavy atom. The average Bonchev–Trinajstić information content (AvgIpc) is 2.96. The normalized spacial score (nSPS) is 10.6. The van der Waals surface area contributed by atoms with Gasteiger partial charge in [-0.3, -0.25) is 14.4 Å². The van der Waals surface area contributed by atoms with E-state index in [4.69, 9.17) is 29.2 Å². The predicted molar refractivity (Wildman–Crippen MR) is 160 cm³/mol. The van der Waals surface area contributed by atoms with Crippen LogP contribution >= 0.6 is 0 Å². The Morgan fingerprint density at radius 2 is 1.16 bits per heavy atom. The summed E-state index contributed by atoms with van der Waals surface area (Å²) in [7, 11) is 0. The third kappa shape index (κ3) is 14.0. The fraction of sp³-hybridized carbons (Fsp3) is 0.625. The first-order chi connectivity index (χ1) is 20.8. The number of aromatic carboxylic acids is 2. The predicted octanol–water partition coefficient (Wildman–Crippen LogP) is 5.31. The van der Waals surface area contributed by atoms with Crippen LogP contribution in [0.2, 0.25) is 0 Å². The summed E-state index contributed by atoms with van der Waals surface area (Å²) in [5.74, 6) is -5.63. The Balaban J connectivity index is 0.000000971. The monoisotopic (exact) mass is 624 g/mol. The lowest BCUT2D eigenvalue weighted by Gasteiger charge is -2.29. The second kappa shape index (κ2) is 21.7. The highest BCUT2D eigenvalue weighted by molar-refractivity contribution is 6.03. The number of hydrogen-bond acceptors (Lipinski definition) is 10. The van der Waals surface area contributed by atoms with E-state index in [0.29, 0.717) is 37.7 Å². The zero-order valence-corrected chi connectivity index (χ0v) is 26.8. The molecule has 0 radical (unpaired) electrons. The summed E-state index contributed by atoms with van der Waals surface area (Å²) in [5.41, 5.74) is -0.790. The molecule has 0 unspecified atom stereocenters. The molecule has 0 aliphatic rings. The summed E-state index contributed by atoms with van der Waals surface area (Å²) in [5, 5.41) is 18.0. The van der Waals surface area contributed by atoms with Crippen LogP contribution < -0.4 is 0 Å². The Labute approximate surface area is 259 Å². The number of carboxylic acids is 2. The van der Waals surface area contributed by atoms with Gasteiger partial charge in [-0.1, -0.05) is 59.9 Å². The lowest BCUT2D eigenvalue weighted by atomic mass is 9.93. The van der Waals surface area contributed by atoms with Gasteiger partial charge in [0.15, 0.2) is 0 Å².